The van der Waals surface area contributed by atoms with E-state index in [0.717, 1.165) is 6.26 Å². The fraction of sp³-hybridized carbons (Fsp3) is 1.00. The summed E-state index contributed by atoms with van der Waals surface area (Å²) in [5.41, 5.74) is 0. The molecule has 0 aliphatic rings. The Labute approximate surface area is 74.2 Å². The van der Waals surface area contributed by atoms with Gasteiger partial charge in [-0.25, -0.2) is 8.42 Å². The molecule has 0 rings (SSSR count). The first-order chi connectivity index (χ1) is 5.25. The van der Waals surface area contributed by atoms with Crippen LogP contribution in [0.1, 0.15) is 20.8 Å². The summed E-state index contributed by atoms with van der Waals surface area (Å²) in [6.45, 7) is 5.30. The molecule has 0 aromatic heterocycles. The third-order valence-electron chi connectivity index (χ3n) is 1.45. The third-order valence-corrected chi connectivity index (χ3v) is 2.87. The van der Waals surface area contributed by atoms with E-state index in [1.54, 1.807) is 20.8 Å². The number of hydrogen-bond donors (Lipinski definition) is 1. The molecular formula is C7H17NO3S. The molecule has 12 heavy (non-hydrogen) atoms. The molecular weight excluding hydrogens is 178 g/mol. The van der Waals surface area contributed by atoms with Crippen LogP contribution in [0.3, 0.4) is 0 Å². The van der Waals surface area contributed by atoms with Crippen molar-refractivity contribution in [2.45, 2.75) is 32.9 Å². The Morgan fingerprint density at radius 1 is 1.33 bits per heavy atom. The first-order valence-corrected chi connectivity index (χ1v) is 5.75. The molecule has 0 aromatic carbocycles. The lowest BCUT2D eigenvalue weighted by atomic mass is 10.3. The maximum absolute atomic E-state index is 11.1. The fourth-order valence-electron chi connectivity index (χ4n) is 0.990. The van der Waals surface area contributed by atoms with Gasteiger partial charge in [-0.2, -0.15) is 4.31 Å². The lowest BCUT2D eigenvalue weighted by Crippen LogP contribution is -2.40. The molecule has 1 atom stereocenters. The third kappa shape index (κ3) is 4.04. The molecule has 0 aliphatic carbocycles. The second-order valence-electron chi connectivity index (χ2n) is 3.28. The minimum absolute atomic E-state index is 0.102. The average molecular weight is 195 g/mol. The Morgan fingerprint density at radius 2 is 1.75 bits per heavy atom. The molecule has 0 saturated carbocycles. The Balaban J connectivity index is 4.47. The van der Waals surface area contributed by atoms with E-state index in [4.69, 9.17) is 5.11 Å². The first kappa shape index (κ1) is 11.9. The number of rotatable bonds is 4. The van der Waals surface area contributed by atoms with Gasteiger partial charge in [-0.15, -0.1) is 0 Å². The maximum atomic E-state index is 11.1. The highest BCUT2D eigenvalue weighted by molar-refractivity contribution is 7.88. The van der Waals surface area contributed by atoms with Crippen LogP contribution in [0.2, 0.25) is 0 Å². The molecule has 0 aliphatic heterocycles. The SMILES string of the molecule is CC(C)N(C[C@H](C)O)S(C)(=O)=O. The number of hydrogen-bond acceptors (Lipinski definition) is 3. The molecule has 0 aromatic rings. The van der Waals surface area contributed by atoms with E-state index >= 15 is 0 Å². The largest absolute Gasteiger partial charge is 0.392 e. The van der Waals surface area contributed by atoms with Gasteiger partial charge in [-0.1, -0.05) is 0 Å². The van der Waals surface area contributed by atoms with Crippen LogP contribution in [0, 0.1) is 0 Å². The number of sulfonamides is 1. The van der Waals surface area contributed by atoms with Crippen LogP contribution in [-0.2, 0) is 10.0 Å². The van der Waals surface area contributed by atoms with Crippen LogP contribution >= 0.6 is 0 Å². The van der Waals surface area contributed by atoms with Gasteiger partial charge in [-0.05, 0) is 20.8 Å². The molecule has 74 valence electrons. The number of nitrogens with zero attached hydrogens (tertiary/aromatic N) is 1. The Hall–Kier alpha value is -0.130. The van der Waals surface area contributed by atoms with Crippen LogP contribution in [0.5, 0.6) is 0 Å². The maximum Gasteiger partial charge on any atom is 0.211 e. The first-order valence-electron chi connectivity index (χ1n) is 3.90. The molecule has 0 saturated heterocycles. The highest BCUT2D eigenvalue weighted by Gasteiger charge is 2.21. The number of aliphatic hydroxyl groups excluding tert-OH is 1. The summed E-state index contributed by atoms with van der Waals surface area (Å²) < 4.78 is 23.5. The van der Waals surface area contributed by atoms with Crippen LogP contribution in [0.25, 0.3) is 0 Å². The van der Waals surface area contributed by atoms with Gasteiger partial charge in [0, 0.05) is 12.6 Å². The second kappa shape index (κ2) is 4.20. The van der Waals surface area contributed by atoms with Crippen molar-refractivity contribution in [3.8, 4) is 0 Å². The molecule has 0 fully saturated rings. The van der Waals surface area contributed by atoms with Crippen LogP contribution in [-0.4, -0.2) is 42.8 Å². The van der Waals surface area contributed by atoms with Crippen molar-refractivity contribution >= 4 is 10.0 Å². The zero-order chi connectivity index (χ0) is 9.94. The van der Waals surface area contributed by atoms with Crippen LogP contribution < -0.4 is 0 Å². The molecule has 0 radical (unpaired) electrons. The van der Waals surface area contributed by atoms with Crippen molar-refractivity contribution < 1.29 is 13.5 Å². The van der Waals surface area contributed by atoms with Gasteiger partial charge in [-0.3, -0.25) is 0 Å². The van der Waals surface area contributed by atoms with Crippen molar-refractivity contribution in [2.24, 2.45) is 0 Å². The van der Waals surface area contributed by atoms with E-state index < -0.39 is 16.1 Å². The Bertz CT molecular complexity index is 221. The minimum atomic E-state index is -3.19. The van der Waals surface area contributed by atoms with Gasteiger partial charge in [0.15, 0.2) is 0 Å². The molecule has 0 heterocycles. The van der Waals surface area contributed by atoms with Crippen LogP contribution in [0.4, 0.5) is 0 Å². The molecule has 4 nitrogen and oxygen atoms in total. The lowest BCUT2D eigenvalue weighted by molar-refractivity contribution is 0.153. The second-order valence-corrected chi connectivity index (χ2v) is 5.21. The summed E-state index contributed by atoms with van der Waals surface area (Å²) in [4.78, 5) is 0. The summed E-state index contributed by atoms with van der Waals surface area (Å²) in [5.74, 6) is 0. The fourth-order valence-corrected chi connectivity index (χ4v) is 2.24. The molecule has 1 N–H and O–H groups in total. The summed E-state index contributed by atoms with van der Waals surface area (Å²) in [5, 5.41) is 9.03. The molecule has 0 unspecified atom stereocenters. The lowest BCUT2D eigenvalue weighted by Gasteiger charge is -2.24. The van der Waals surface area contributed by atoms with Gasteiger partial charge in [0.2, 0.25) is 10.0 Å². The average Bonchev–Trinajstić information content (AvgIpc) is 1.79. The number of aliphatic hydroxyl groups is 1. The Kier molecular flexibility index (Phi) is 4.16. The zero-order valence-corrected chi connectivity index (χ0v) is 8.80. The van der Waals surface area contributed by atoms with Crippen molar-refractivity contribution in [3.05, 3.63) is 0 Å². The predicted octanol–water partition coefficient (Wildman–Crippen LogP) is 0.0372. The van der Waals surface area contributed by atoms with E-state index in [1.165, 1.54) is 4.31 Å². The van der Waals surface area contributed by atoms with Crippen molar-refractivity contribution in [3.63, 3.8) is 0 Å². The summed E-state index contributed by atoms with van der Waals surface area (Å²) in [6.07, 6.45) is 0.525. The normalized spacial score (nSPS) is 15.6. The standard InChI is InChI=1S/C7H17NO3S/c1-6(2)8(5-7(3)9)12(4,10)11/h6-7,9H,5H2,1-4H3/t7-/m0/s1. The van der Waals surface area contributed by atoms with Crippen molar-refractivity contribution in [1.82, 2.24) is 4.31 Å². The van der Waals surface area contributed by atoms with E-state index in [9.17, 15) is 8.42 Å². The summed E-state index contributed by atoms with van der Waals surface area (Å²) in [6, 6.07) is -0.102. The van der Waals surface area contributed by atoms with Crippen molar-refractivity contribution in [2.75, 3.05) is 12.8 Å². The van der Waals surface area contributed by atoms with Gasteiger partial charge >= 0.3 is 0 Å². The molecule has 0 amide bonds. The molecule has 0 spiro atoms. The van der Waals surface area contributed by atoms with Gasteiger partial charge < -0.3 is 5.11 Å². The topological polar surface area (TPSA) is 57.6 Å². The Morgan fingerprint density at radius 3 is 1.83 bits per heavy atom. The van der Waals surface area contributed by atoms with Crippen molar-refractivity contribution in [1.29, 1.82) is 0 Å². The summed E-state index contributed by atoms with van der Waals surface area (Å²) in [7, 11) is -3.19. The highest BCUT2D eigenvalue weighted by atomic mass is 32.2. The minimum Gasteiger partial charge on any atom is -0.392 e. The van der Waals surface area contributed by atoms with Gasteiger partial charge in [0.1, 0.15) is 0 Å². The van der Waals surface area contributed by atoms with Gasteiger partial charge in [0.05, 0.1) is 12.4 Å². The summed E-state index contributed by atoms with van der Waals surface area (Å²) >= 11 is 0. The van der Waals surface area contributed by atoms with E-state index in [-0.39, 0.29) is 12.6 Å². The molecule has 5 heteroatoms. The predicted molar refractivity (Wildman–Crippen MR) is 48.4 cm³/mol. The van der Waals surface area contributed by atoms with E-state index in [1.807, 2.05) is 0 Å². The smallest absolute Gasteiger partial charge is 0.211 e. The monoisotopic (exact) mass is 195 g/mol. The van der Waals surface area contributed by atoms with E-state index in [2.05, 4.69) is 0 Å². The quantitative estimate of drug-likeness (QED) is 0.689. The van der Waals surface area contributed by atoms with E-state index in [0.29, 0.717) is 0 Å². The highest BCUT2D eigenvalue weighted by Crippen LogP contribution is 2.05. The molecule has 0 bridgehead atoms. The van der Waals surface area contributed by atoms with Gasteiger partial charge in [0.25, 0.3) is 0 Å². The van der Waals surface area contributed by atoms with Crippen LogP contribution in [0.15, 0.2) is 0 Å². The zero-order valence-electron chi connectivity index (χ0n) is 7.98.